The molecule has 2 heterocycles. The van der Waals surface area contributed by atoms with Crippen LogP contribution in [0.15, 0.2) is 53.8 Å². The number of benzene rings is 1. The average molecular weight is 373 g/mol. The van der Waals surface area contributed by atoms with Crippen molar-refractivity contribution in [1.82, 2.24) is 4.90 Å². The van der Waals surface area contributed by atoms with Crippen LogP contribution in [0.25, 0.3) is 0 Å². The van der Waals surface area contributed by atoms with E-state index < -0.39 is 18.6 Å². The Kier molecular flexibility index (Phi) is 5.87. The minimum Gasteiger partial charge on any atom is -0.468 e. The summed E-state index contributed by atoms with van der Waals surface area (Å²) in [5, 5.41) is 8.81. The first-order chi connectivity index (χ1) is 13.1. The van der Waals surface area contributed by atoms with Crippen LogP contribution in [0.4, 0.5) is 4.79 Å². The summed E-state index contributed by atoms with van der Waals surface area (Å²) in [5.41, 5.74) is 1.01. The van der Waals surface area contributed by atoms with Gasteiger partial charge in [0, 0.05) is 5.57 Å². The fraction of sp³-hybridized carbons (Fsp3) is 0.316. The van der Waals surface area contributed by atoms with E-state index in [1.54, 1.807) is 18.2 Å². The summed E-state index contributed by atoms with van der Waals surface area (Å²) < 4.78 is 16.0. The minimum absolute atomic E-state index is 0.0173. The molecule has 0 spiro atoms. The van der Waals surface area contributed by atoms with Gasteiger partial charge in [-0.05, 0) is 12.0 Å². The van der Waals surface area contributed by atoms with Crippen molar-refractivity contribution >= 4 is 18.3 Å². The molecule has 8 nitrogen and oxygen atoms in total. The number of aldehydes is 1. The third-order valence-electron chi connectivity index (χ3n) is 4.16. The van der Waals surface area contributed by atoms with Crippen molar-refractivity contribution in [1.29, 1.82) is 0 Å². The van der Waals surface area contributed by atoms with Crippen LogP contribution in [-0.2, 0) is 30.4 Å². The Morgan fingerprint density at radius 1 is 1.30 bits per heavy atom. The molecule has 2 fully saturated rings. The van der Waals surface area contributed by atoms with Gasteiger partial charge in [0.2, 0.25) is 12.1 Å². The minimum atomic E-state index is -1.14. The molecule has 0 aromatic heterocycles. The molecule has 8 heteroatoms. The first-order valence-corrected chi connectivity index (χ1v) is 8.43. The zero-order chi connectivity index (χ0) is 19.2. The Balaban J connectivity index is 1.71. The van der Waals surface area contributed by atoms with Gasteiger partial charge in [0.05, 0.1) is 13.0 Å². The highest BCUT2D eigenvalue weighted by atomic mass is 16.7. The molecule has 142 valence electrons. The zero-order valence-electron chi connectivity index (χ0n) is 14.4. The summed E-state index contributed by atoms with van der Waals surface area (Å²) >= 11 is 0. The molecule has 2 aliphatic rings. The first-order valence-electron chi connectivity index (χ1n) is 8.43. The smallest absolute Gasteiger partial charge is 0.468 e. The molecule has 2 atom stereocenters. The molecular formula is C19H19NO7. The molecule has 1 aromatic carbocycles. The van der Waals surface area contributed by atoms with Crippen LogP contribution in [0.2, 0.25) is 0 Å². The molecule has 1 N–H and O–H groups in total. The number of carbonyl (C=O) groups is 3. The number of allylic oxidation sites excluding steroid dienone is 2. The predicted octanol–water partition coefficient (Wildman–Crippen LogP) is 1.65. The highest BCUT2D eigenvalue weighted by molar-refractivity contribution is 5.85. The number of rotatable bonds is 7. The Morgan fingerprint density at radius 2 is 2.07 bits per heavy atom. The summed E-state index contributed by atoms with van der Waals surface area (Å²) in [4.78, 5) is 36.6. The molecule has 27 heavy (non-hydrogen) atoms. The van der Waals surface area contributed by atoms with Gasteiger partial charge in [-0.25, -0.2) is 4.79 Å². The third-order valence-corrected chi connectivity index (χ3v) is 4.16. The zero-order valence-corrected chi connectivity index (χ0v) is 14.4. The molecule has 3 rings (SSSR count). The lowest BCUT2D eigenvalue weighted by atomic mass is 10.1. The number of aliphatic hydroxyl groups excluding tert-OH is 1. The van der Waals surface area contributed by atoms with Crippen LogP contribution in [-0.4, -0.2) is 47.4 Å². The van der Waals surface area contributed by atoms with Crippen molar-refractivity contribution < 1.29 is 33.7 Å². The van der Waals surface area contributed by atoms with Gasteiger partial charge in [0.1, 0.15) is 12.9 Å². The predicted molar refractivity (Wildman–Crippen MR) is 91.8 cm³/mol. The number of hydrogen-bond acceptors (Lipinski definition) is 7. The molecule has 1 unspecified atom stereocenters. The number of carbonyl (C=O) groups excluding carboxylic acids is 3. The molecular weight excluding hydrogens is 354 g/mol. The highest BCUT2D eigenvalue weighted by Gasteiger charge is 2.53. The van der Waals surface area contributed by atoms with Crippen LogP contribution < -0.4 is 0 Å². The maximum Gasteiger partial charge on any atom is 0.510 e. The van der Waals surface area contributed by atoms with E-state index in [-0.39, 0.29) is 43.3 Å². The normalized spacial score (nSPS) is 22.7. The summed E-state index contributed by atoms with van der Waals surface area (Å²) in [7, 11) is 0. The van der Waals surface area contributed by atoms with E-state index in [2.05, 4.69) is 0 Å². The number of amides is 1. The number of ether oxygens (including phenoxy) is 3. The Morgan fingerprint density at radius 3 is 2.74 bits per heavy atom. The molecule has 0 aliphatic carbocycles. The Hall–Kier alpha value is -3.13. The van der Waals surface area contributed by atoms with Crippen LogP contribution in [0.5, 0.6) is 0 Å². The second kappa shape index (κ2) is 8.50. The van der Waals surface area contributed by atoms with Crippen LogP contribution in [0.1, 0.15) is 18.4 Å². The lowest BCUT2D eigenvalue weighted by Gasteiger charge is -2.33. The van der Waals surface area contributed by atoms with Crippen molar-refractivity contribution in [2.24, 2.45) is 0 Å². The SMILES string of the molecule is O=CC(CC=CCO)=C1O[C@@H]2CC(=O)N2C1OC(=O)OCc1ccccc1. The number of fused-ring (bicyclic) bond motifs is 1. The van der Waals surface area contributed by atoms with Crippen LogP contribution in [0.3, 0.4) is 0 Å². The molecule has 1 amide bonds. The Bertz CT molecular complexity index is 772. The van der Waals surface area contributed by atoms with E-state index in [9.17, 15) is 14.4 Å². The van der Waals surface area contributed by atoms with E-state index in [1.165, 1.54) is 11.0 Å². The second-order valence-corrected chi connectivity index (χ2v) is 5.94. The van der Waals surface area contributed by atoms with Crippen LogP contribution >= 0.6 is 0 Å². The first kappa shape index (κ1) is 18.7. The maximum absolute atomic E-state index is 12.1. The van der Waals surface area contributed by atoms with Gasteiger partial charge in [-0.3, -0.25) is 14.5 Å². The van der Waals surface area contributed by atoms with Gasteiger partial charge in [-0.2, -0.15) is 0 Å². The van der Waals surface area contributed by atoms with Gasteiger partial charge in [0.15, 0.2) is 12.0 Å². The number of aliphatic hydroxyl groups is 1. The van der Waals surface area contributed by atoms with Crippen molar-refractivity contribution in [3.8, 4) is 0 Å². The topological polar surface area (TPSA) is 102 Å². The maximum atomic E-state index is 12.1. The van der Waals surface area contributed by atoms with Crippen molar-refractivity contribution in [3.05, 3.63) is 59.4 Å². The van der Waals surface area contributed by atoms with Gasteiger partial charge < -0.3 is 19.3 Å². The molecule has 0 radical (unpaired) electrons. The van der Waals surface area contributed by atoms with E-state index in [4.69, 9.17) is 19.3 Å². The molecule has 1 aromatic rings. The Labute approximate surface area is 155 Å². The van der Waals surface area contributed by atoms with Crippen molar-refractivity contribution in [3.63, 3.8) is 0 Å². The standard InChI is InChI=1S/C19H19NO7/c21-9-5-4-8-14(11-22)17-18(20-15(23)10-16(20)26-17)27-19(24)25-12-13-6-2-1-3-7-13/h1-7,11,16,18,21H,8-10,12H2/t16-,18?/m1/s1. The summed E-state index contributed by atoms with van der Waals surface area (Å²) in [6.07, 6.45) is 1.30. The quantitative estimate of drug-likeness (QED) is 0.255. The number of nitrogens with zero attached hydrogens (tertiary/aromatic N) is 1. The van der Waals surface area contributed by atoms with Gasteiger partial charge in [-0.1, -0.05) is 42.5 Å². The second-order valence-electron chi connectivity index (χ2n) is 5.94. The van der Waals surface area contributed by atoms with E-state index in [0.29, 0.717) is 6.29 Å². The lowest BCUT2D eigenvalue weighted by Crippen LogP contribution is -2.53. The molecule has 2 aliphatic heterocycles. The molecule has 2 saturated heterocycles. The monoisotopic (exact) mass is 373 g/mol. The third kappa shape index (κ3) is 4.17. The average Bonchev–Trinajstić information content (AvgIpc) is 2.96. The van der Waals surface area contributed by atoms with Gasteiger partial charge in [0.25, 0.3) is 0 Å². The van der Waals surface area contributed by atoms with Crippen molar-refractivity contribution in [2.75, 3.05) is 6.61 Å². The fourth-order valence-corrected chi connectivity index (χ4v) is 2.79. The van der Waals surface area contributed by atoms with Crippen molar-refractivity contribution in [2.45, 2.75) is 31.9 Å². The number of β-lactam (4-membered cyclic amide) rings is 1. The lowest BCUT2D eigenvalue weighted by molar-refractivity contribution is -0.165. The largest absolute Gasteiger partial charge is 0.510 e. The fourth-order valence-electron chi connectivity index (χ4n) is 2.79. The summed E-state index contributed by atoms with van der Waals surface area (Å²) in [6, 6.07) is 9.07. The number of hydrogen-bond donors (Lipinski definition) is 1. The van der Waals surface area contributed by atoms with Crippen LogP contribution in [0, 0.1) is 0 Å². The van der Waals surface area contributed by atoms with E-state index in [1.807, 2.05) is 18.2 Å². The van der Waals surface area contributed by atoms with Gasteiger partial charge >= 0.3 is 6.16 Å². The van der Waals surface area contributed by atoms with Gasteiger partial charge in [-0.15, -0.1) is 0 Å². The van der Waals surface area contributed by atoms with E-state index >= 15 is 0 Å². The molecule has 0 bridgehead atoms. The summed E-state index contributed by atoms with van der Waals surface area (Å²) in [6.45, 7) is -0.148. The van der Waals surface area contributed by atoms with E-state index in [0.717, 1.165) is 5.56 Å². The highest BCUT2D eigenvalue weighted by Crippen LogP contribution is 2.38. The summed E-state index contributed by atoms with van der Waals surface area (Å²) in [5.74, 6) is -0.132. The molecule has 0 saturated carbocycles.